The zero-order valence-electron chi connectivity index (χ0n) is 6.47. The highest BCUT2D eigenvalue weighted by molar-refractivity contribution is 9.13. The maximum Gasteiger partial charge on any atom is 0.355 e. The molecule has 7 heteroatoms. The Hall–Kier alpha value is -0.560. The van der Waals surface area contributed by atoms with E-state index in [0.717, 1.165) is 6.20 Å². The summed E-state index contributed by atoms with van der Waals surface area (Å²) < 4.78 is 25.3. The van der Waals surface area contributed by atoms with Crippen LogP contribution in [0.25, 0.3) is 0 Å². The number of carboxylic acids is 1. The topological polar surface area (TPSA) is 50.2 Å². The molecule has 0 aliphatic carbocycles. The third kappa shape index (κ3) is 2.09. The molecular weight excluding hydrogens is 328 g/mol. The molecule has 1 heterocycles. The van der Waals surface area contributed by atoms with Crippen LogP contribution in [0, 0.1) is 0 Å². The monoisotopic (exact) mass is 329 g/mol. The number of pyridine rings is 1. The molecule has 0 spiro atoms. The molecule has 1 aromatic rings. The molecule has 1 rings (SSSR count). The van der Waals surface area contributed by atoms with Crippen molar-refractivity contribution in [2.45, 2.75) is 6.43 Å². The lowest BCUT2D eigenvalue weighted by Crippen LogP contribution is -2.07. The van der Waals surface area contributed by atoms with Crippen LogP contribution in [0.15, 0.2) is 15.1 Å². The van der Waals surface area contributed by atoms with Gasteiger partial charge in [-0.15, -0.1) is 0 Å². The van der Waals surface area contributed by atoms with E-state index in [4.69, 9.17) is 5.11 Å². The van der Waals surface area contributed by atoms with Crippen LogP contribution in [0.5, 0.6) is 0 Å². The molecule has 0 amide bonds. The van der Waals surface area contributed by atoms with Gasteiger partial charge in [0.05, 0.1) is 10.0 Å². The molecule has 76 valence electrons. The van der Waals surface area contributed by atoms with Gasteiger partial charge < -0.3 is 5.11 Å². The van der Waals surface area contributed by atoms with Crippen LogP contribution in [0.3, 0.4) is 0 Å². The van der Waals surface area contributed by atoms with Crippen LogP contribution in [0.1, 0.15) is 22.5 Å². The highest BCUT2D eigenvalue weighted by Crippen LogP contribution is 2.34. The van der Waals surface area contributed by atoms with Gasteiger partial charge in [-0.3, -0.25) is 0 Å². The predicted molar refractivity (Wildman–Crippen MR) is 51.6 cm³/mol. The molecule has 0 bridgehead atoms. The molecule has 0 saturated carbocycles. The Labute approximate surface area is 94.4 Å². The largest absolute Gasteiger partial charge is 0.476 e. The van der Waals surface area contributed by atoms with Crippen LogP contribution in [0.4, 0.5) is 8.78 Å². The predicted octanol–water partition coefficient (Wildman–Crippen LogP) is 3.24. The lowest BCUT2D eigenvalue weighted by Gasteiger charge is -2.07. The fourth-order valence-electron chi connectivity index (χ4n) is 0.850. The van der Waals surface area contributed by atoms with Gasteiger partial charge in [-0.05, 0) is 31.9 Å². The van der Waals surface area contributed by atoms with E-state index in [1.807, 2.05) is 0 Å². The third-order valence-electron chi connectivity index (χ3n) is 1.43. The number of hydrogen-bond acceptors (Lipinski definition) is 2. The molecule has 1 aromatic heterocycles. The third-order valence-corrected chi connectivity index (χ3v) is 3.42. The summed E-state index contributed by atoms with van der Waals surface area (Å²) in [5.74, 6) is -1.48. The molecule has 14 heavy (non-hydrogen) atoms. The fraction of sp³-hybridized carbons (Fsp3) is 0.143. The standard InChI is InChI=1S/C7H3Br2F2NO2/c8-2-1-12-5(7(13)14)3(4(2)9)6(10)11/h1,6H,(H,13,14). The van der Waals surface area contributed by atoms with E-state index in [0.29, 0.717) is 0 Å². The molecular formula is C7H3Br2F2NO2. The van der Waals surface area contributed by atoms with Crippen molar-refractivity contribution in [3.63, 3.8) is 0 Å². The number of aromatic carboxylic acids is 1. The highest BCUT2D eigenvalue weighted by atomic mass is 79.9. The quantitative estimate of drug-likeness (QED) is 0.905. The molecule has 0 fully saturated rings. The Kier molecular flexibility index (Phi) is 3.54. The number of carboxylic acid groups (broad SMARTS) is 1. The summed E-state index contributed by atoms with van der Waals surface area (Å²) in [7, 11) is 0. The van der Waals surface area contributed by atoms with Gasteiger partial charge in [0, 0.05) is 10.7 Å². The zero-order valence-corrected chi connectivity index (χ0v) is 9.64. The minimum absolute atomic E-state index is 0.0138. The van der Waals surface area contributed by atoms with E-state index in [1.165, 1.54) is 0 Å². The summed E-state index contributed by atoms with van der Waals surface area (Å²) in [6, 6.07) is 0. The Bertz CT molecular complexity index is 384. The van der Waals surface area contributed by atoms with Gasteiger partial charge in [0.15, 0.2) is 5.69 Å². The summed E-state index contributed by atoms with van der Waals surface area (Å²) >= 11 is 5.83. The number of nitrogens with zero attached hydrogens (tertiary/aromatic N) is 1. The van der Waals surface area contributed by atoms with Crippen LogP contribution in [0.2, 0.25) is 0 Å². The van der Waals surface area contributed by atoms with Crippen molar-refractivity contribution in [3.8, 4) is 0 Å². The summed E-state index contributed by atoms with van der Waals surface area (Å²) in [4.78, 5) is 14.0. The van der Waals surface area contributed by atoms with Crippen molar-refractivity contribution in [2.24, 2.45) is 0 Å². The van der Waals surface area contributed by atoms with Gasteiger partial charge in [-0.1, -0.05) is 0 Å². The molecule has 0 radical (unpaired) electrons. The second kappa shape index (κ2) is 4.31. The molecule has 0 aliphatic rings. The van der Waals surface area contributed by atoms with Gasteiger partial charge in [0.25, 0.3) is 6.43 Å². The van der Waals surface area contributed by atoms with Crippen LogP contribution in [-0.4, -0.2) is 16.1 Å². The van der Waals surface area contributed by atoms with E-state index >= 15 is 0 Å². The number of carbonyl (C=O) groups is 1. The second-order valence-electron chi connectivity index (χ2n) is 2.29. The van der Waals surface area contributed by atoms with E-state index in [1.54, 1.807) is 0 Å². The lowest BCUT2D eigenvalue weighted by molar-refractivity contribution is 0.0676. The van der Waals surface area contributed by atoms with Gasteiger partial charge in [0.1, 0.15) is 0 Å². The van der Waals surface area contributed by atoms with Crippen LogP contribution < -0.4 is 0 Å². The van der Waals surface area contributed by atoms with Crippen molar-refractivity contribution in [2.75, 3.05) is 0 Å². The summed E-state index contributed by atoms with van der Waals surface area (Å²) in [6.45, 7) is 0. The van der Waals surface area contributed by atoms with E-state index in [9.17, 15) is 13.6 Å². The maximum absolute atomic E-state index is 12.5. The Morgan fingerprint density at radius 2 is 2.07 bits per heavy atom. The molecule has 0 unspecified atom stereocenters. The van der Waals surface area contributed by atoms with Crippen molar-refractivity contribution >= 4 is 37.8 Å². The van der Waals surface area contributed by atoms with Crippen molar-refractivity contribution in [1.82, 2.24) is 4.98 Å². The SMILES string of the molecule is O=C(O)c1ncc(Br)c(Br)c1C(F)F. The minimum atomic E-state index is -2.89. The smallest absolute Gasteiger partial charge is 0.355 e. The Morgan fingerprint density at radius 3 is 2.50 bits per heavy atom. The van der Waals surface area contributed by atoms with Gasteiger partial charge in [-0.2, -0.15) is 0 Å². The second-order valence-corrected chi connectivity index (χ2v) is 3.94. The first kappa shape index (κ1) is 11.5. The number of halogens is 4. The zero-order chi connectivity index (χ0) is 10.9. The van der Waals surface area contributed by atoms with Gasteiger partial charge in [0.2, 0.25) is 0 Å². The van der Waals surface area contributed by atoms with E-state index in [2.05, 4.69) is 36.8 Å². The molecule has 1 N–H and O–H groups in total. The minimum Gasteiger partial charge on any atom is -0.476 e. The Morgan fingerprint density at radius 1 is 1.50 bits per heavy atom. The van der Waals surface area contributed by atoms with E-state index in [-0.39, 0.29) is 8.95 Å². The molecule has 0 aliphatic heterocycles. The maximum atomic E-state index is 12.5. The molecule has 0 atom stereocenters. The van der Waals surface area contributed by atoms with Crippen molar-refractivity contribution in [3.05, 3.63) is 26.4 Å². The summed E-state index contributed by atoms with van der Waals surface area (Å²) in [5.41, 5.74) is -1.26. The molecule has 3 nitrogen and oxygen atoms in total. The Balaban J connectivity index is 3.45. The van der Waals surface area contributed by atoms with Crippen molar-refractivity contribution < 1.29 is 18.7 Å². The first-order valence-corrected chi connectivity index (χ1v) is 4.89. The number of aromatic nitrogens is 1. The summed E-state index contributed by atoms with van der Waals surface area (Å²) in [5, 5.41) is 8.60. The molecule has 0 aromatic carbocycles. The van der Waals surface area contributed by atoms with E-state index < -0.39 is 23.7 Å². The summed E-state index contributed by atoms with van der Waals surface area (Å²) in [6.07, 6.45) is -1.74. The number of rotatable bonds is 2. The normalized spacial score (nSPS) is 10.6. The lowest BCUT2D eigenvalue weighted by atomic mass is 10.2. The first-order chi connectivity index (χ1) is 6.45. The van der Waals surface area contributed by atoms with Gasteiger partial charge in [-0.25, -0.2) is 18.6 Å². The molecule has 0 saturated heterocycles. The average Bonchev–Trinajstić information content (AvgIpc) is 2.08. The number of hydrogen-bond donors (Lipinski definition) is 1. The highest BCUT2D eigenvalue weighted by Gasteiger charge is 2.23. The fourth-order valence-corrected chi connectivity index (χ4v) is 1.63. The van der Waals surface area contributed by atoms with Crippen LogP contribution >= 0.6 is 31.9 Å². The van der Waals surface area contributed by atoms with Crippen LogP contribution in [-0.2, 0) is 0 Å². The number of alkyl halides is 2. The van der Waals surface area contributed by atoms with Gasteiger partial charge >= 0.3 is 5.97 Å². The first-order valence-electron chi connectivity index (χ1n) is 3.30. The average molecular weight is 331 g/mol. The van der Waals surface area contributed by atoms with Crippen molar-refractivity contribution in [1.29, 1.82) is 0 Å².